The summed E-state index contributed by atoms with van der Waals surface area (Å²) in [5, 5.41) is 19.9. The highest BCUT2D eigenvalue weighted by Gasteiger charge is 2.73. The number of aromatic nitrogens is 1. The van der Waals surface area contributed by atoms with Gasteiger partial charge in [0, 0.05) is 28.4 Å². The van der Waals surface area contributed by atoms with E-state index in [1.165, 1.54) is 12.3 Å². The number of carbonyl (C=O) groups is 2. The van der Waals surface area contributed by atoms with Crippen molar-refractivity contribution in [2.24, 2.45) is 5.41 Å². The van der Waals surface area contributed by atoms with E-state index in [1.54, 1.807) is 19.1 Å². The third kappa shape index (κ3) is 4.63. The van der Waals surface area contributed by atoms with Gasteiger partial charge in [-0.2, -0.15) is 0 Å². The molecule has 11 heteroatoms. The minimum atomic E-state index is -1.32. The monoisotopic (exact) mass is 618 g/mol. The molecular weight excluding hydrogens is 582 g/mol. The predicted molar refractivity (Wildman–Crippen MR) is 158 cm³/mol. The standard InChI is InChI=1S/C31H37Cl2FN4O4/c1-16(39)22-7-5-18(15-42-22)36-27(40)25-23(19-8-13-35-26(33)24(19)34)31(30(38-25)11-9-29(2,3)10-12-30)20-6-4-17(32)14-21(20)37-28(31)41/h4,6,8,13-14,16,18,22-23,25,38-39H,5,7,9-12,15H2,1-3H3,(H,36,40)(H,37,41)/t16?,18-,22+,23+,25-,31-/m1/s1. The third-order valence-corrected chi connectivity index (χ3v) is 10.6. The first kappa shape index (κ1) is 29.8. The van der Waals surface area contributed by atoms with E-state index in [0.29, 0.717) is 42.0 Å². The number of aliphatic hydroxyl groups excluding tert-OH is 1. The molecule has 1 aliphatic carbocycles. The average Bonchev–Trinajstić information content (AvgIpc) is 3.40. The van der Waals surface area contributed by atoms with E-state index in [4.69, 9.17) is 27.9 Å². The van der Waals surface area contributed by atoms with Gasteiger partial charge in [0.15, 0.2) is 11.0 Å². The van der Waals surface area contributed by atoms with E-state index < -0.39 is 34.8 Å². The van der Waals surface area contributed by atoms with Crippen LogP contribution in [0.2, 0.25) is 10.2 Å². The number of halogens is 3. The molecule has 0 radical (unpaired) electrons. The zero-order chi connectivity index (χ0) is 30.0. The molecule has 6 rings (SSSR count). The first-order valence-electron chi connectivity index (χ1n) is 14.7. The summed E-state index contributed by atoms with van der Waals surface area (Å²) in [5.74, 6) is -2.31. The number of pyridine rings is 1. The predicted octanol–water partition coefficient (Wildman–Crippen LogP) is 4.86. The van der Waals surface area contributed by atoms with Gasteiger partial charge in [0.1, 0.15) is 5.41 Å². The Labute approximate surface area is 255 Å². The number of hydrogen-bond donors (Lipinski definition) is 4. The van der Waals surface area contributed by atoms with Gasteiger partial charge < -0.3 is 20.5 Å². The third-order valence-electron chi connectivity index (χ3n) is 10.1. The molecule has 226 valence electrons. The van der Waals surface area contributed by atoms with Gasteiger partial charge in [0.2, 0.25) is 11.8 Å². The summed E-state index contributed by atoms with van der Waals surface area (Å²) >= 11 is 12.6. The molecule has 2 amide bonds. The van der Waals surface area contributed by atoms with Gasteiger partial charge in [0.05, 0.1) is 30.9 Å². The van der Waals surface area contributed by atoms with Crippen LogP contribution in [0.5, 0.6) is 0 Å². The molecule has 1 saturated carbocycles. The Morgan fingerprint density at radius 2 is 1.93 bits per heavy atom. The summed E-state index contributed by atoms with van der Waals surface area (Å²) < 4.78 is 21.8. The number of nitrogens with one attached hydrogen (secondary N) is 3. The van der Waals surface area contributed by atoms with E-state index >= 15 is 4.39 Å². The molecule has 2 aromatic rings. The molecule has 4 aliphatic rings. The van der Waals surface area contributed by atoms with Crippen molar-refractivity contribution < 1.29 is 23.8 Å². The molecule has 42 heavy (non-hydrogen) atoms. The Hall–Kier alpha value is -2.30. The highest BCUT2D eigenvalue weighted by atomic mass is 35.5. The van der Waals surface area contributed by atoms with Crippen molar-refractivity contribution in [2.45, 2.75) is 100 Å². The number of rotatable bonds is 4. The number of carbonyl (C=O) groups excluding carboxylic acids is 2. The SMILES string of the molecule is CC(O)[C@@H]1CC[C@@H](NC(=O)[C@@H]2NC3(CCC(C)(C)CC3)[C@@]3(C(=O)Nc4cc(Cl)ccc43)[C@H]2c2ccnc(Cl)c2F)CO1. The zero-order valence-electron chi connectivity index (χ0n) is 24.0. The van der Waals surface area contributed by atoms with Gasteiger partial charge in [-0.05, 0) is 80.2 Å². The fourth-order valence-corrected chi connectivity index (χ4v) is 8.22. The lowest BCUT2D eigenvalue weighted by Crippen LogP contribution is -2.61. The quantitative estimate of drug-likeness (QED) is 0.364. The smallest absolute Gasteiger partial charge is 0.238 e. The van der Waals surface area contributed by atoms with Crippen LogP contribution in [-0.4, -0.2) is 58.3 Å². The van der Waals surface area contributed by atoms with Crippen LogP contribution in [0.15, 0.2) is 30.5 Å². The lowest BCUT2D eigenvalue weighted by atomic mass is 9.53. The van der Waals surface area contributed by atoms with Crippen LogP contribution in [0.1, 0.15) is 76.3 Å². The summed E-state index contributed by atoms with van der Waals surface area (Å²) in [6, 6.07) is 5.56. The summed E-state index contributed by atoms with van der Waals surface area (Å²) in [6.07, 6.45) is 4.60. The Morgan fingerprint density at radius 1 is 1.19 bits per heavy atom. The molecule has 1 unspecified atom stereocenters. The summed E-state index contributed by atoms with van der Waals surface area (Å²) in [4.78, 5) is 32.7. The second kappa shape index (κ2) is 10.7. The van der Waals surface area contributed by atoms with Crippen LogP contribution >= 0.6 is 23.2 Å². The topological polar surface area (TPSA) is 113 Å². The maximum Gasteiger partial charge on any atom is 0.238 e. The van der Waals surface area contributed by atoms with Crippen molar-refractivity contribution in [3.63, 3.8) is 0 Å². The number of nitrogens with zero attached hydrogens (tertiary/aromatic N) is 1. The van der Waals surface area contributed by atoms with Crippen molar-refractivity contribution in [3.05, 3.63) is 57.6 Å². The first-order chi connectivity index (χ1) is 19.9. The number of anilines is 1. The van der Waals surface area contributed by atoms with Gasteiger partial charge in [0.25, 0.3) is 0 Å². The molecule has 0 bridgehead atoms. The van der Waals surface area contributed by atoms with Crippen molar-refractivity contribution >= 4 is 40.7 Å². The number of amides is 2. The molecule has 8 nitrogen and oxygen atoms in total. The van der Waals surface area contributed by atoms with E-state index in [9.17, 15) is 14.7 Å². The number of fused-ring (bicyclic) bond motifs is 3. The normalized spacial score (nSPS) is 32.0. The van der Waals surface area contributed by atoms with Gasteiger partial charge in [-0.25, -0.2) is 9.37 Å². The number of benzene rings is 1. The van der Waals surface area contributed by atoms with Crippen LogP contribution < -0.4 is 16.0 Å². The lowest BCUT2D eigenvalue weighted by molar-refractivity contribution is -0.126. The summed E-state index contributed by atoms with van der Waals surface area (Å²) in [6.45, 7) is 6.35. The molecule has 3 aliphatic heterocycles. The average molecular weight is 620 g/mol. The molecule has 1 aromatic carbocycles. The second-order valence-corrected chi connectivity index (χ2v) is 14.0. The van der Waals surface area contributed by atoms with Crippen LogP contribution in [0.4, 0.5) is 10.1 Å². The Morgan fingerprint density at radius 3 is 2.60 bits per heavy atom. The van der Waals surface area contributed by atoms with Gasteiger partial charge in [-0.1, -0.05) is 43.1 Å². The Kier molecular flexibility index (Phi) is 7.58. The molecular formula is C31H37Cl2FN4O4. The van der Waals surface area contributed by atoms with Crippen molar-refractivity contribution in [3.8, 4) is 0 Å². The van der Waals surface area contributed by atoms with Gasteiger partial charge in [-0.15, -0.1) is 0 Å². The minimum Gasteiger partial charge on any atom is -0.391 e. The van der Waals surface area contributed by atoms with E-state index in [1.807, 2.05) is 6.07 Å². The second-order valence-electron chi connectivity index (χ2n) is 13.2. The molecule has 3 fully saturated rings. The molecule has 1 aromatic heterocycles. The van der Waals surface area contributed by atoms with Crippen LogP contribution in [-0.2, 0) is 19.7 Å². The lowest BCUT2D eigenvalue weighted by Gasteiger charge is -2.50. The summed E-state index contributed by atoms with van der Waals surface area (Å²) in [7, 11) is 0. The number of aliphatic hydroxyl groups is 1. The molecule has 6 atom stereocenters. The molecule has 4 N–H and O–H groups in total. The maximum atomic E-state index is 16.0. The van der Waals surface area contributed by atoms with Crippen LogP contribution in [0.3, 0.4) is 0 Å². The van der Waals surface area contributed by atoms with E-state index in [2.05, 4.69) is 34.8 Å². The largest absolute Gasteiger partial charge is 0.391 e. The zero-order valence-corrected chi connectivity index (χ0v) is 25.5. The van der Waals surface area contributed by atoms with Crippen molar-refractivity contribution in [1.29, 1.82) is 0 Å². The number of hydrogen-bond acceptors (Lipinski definition) is 6. The molecule has 2 spiro atoms. The highest BCUT2D eigenvalue weighted by Crippen LogP contribution is 2.64. The molecule has 2 saturated heterocycles. The fourth-order valence-electron chi connectivity index (χ4n) is 7.88. The Balaban J connectivity index is 1.49. The van der Waals surface area contributed by atoms with Crippen LogP contribution in [0, 0.1) is 11.2 Å². The minimum absolute atomic E-state index is 0.0485. The van der Waals surface area contributed by atoms with Gasteiger partial charge >= 0.3 is 0 Å². The molecule has 4 heterocycles. The summed E-state index contributed by atoms with van der Waals surface area (Å²) in [5.41, 5.74) is -0.699. The fraction of sp³-hybridized carbons (Fsp3) is 0.581. The maximum absolute atomic E-state index is 16.0. The van der Waals surface area contributed by atoms with E-state index in [-0.39, 0.29) is 46.7 Å². The highest BCUT2D eigenvalue weighted by molar-refractivity contribution is 6.31. The number of ether oxygens (including phenoxy) is 1. The first-order valence-corrected chi connectivity index (χ1v) is 15.4. The Bertz CT molecular complexity index is 1400. The van der Waals surface area contributed by atoms with Gasteiger partial charge in [-0.3, -0.25) is 14.9 Å². The van der Waals surface area contributed by atoms with Crippen LogP contribution in [0.25, 0.3) is 0 Å². The van der Waals surface area contributed by atoms with Crippen molar-refractivity contribution in [2.75, 3.05) is 11.9 Å². The van der Waals surface area contributed by atoms with E-state index in [0.717, 1.165) is 12.8 Å². The van der Waals surface area contributed by atoms with Crippen molar-refractivity contribution in [1.82, 2.24) is 15.6 Å².